The van der Waals surface area contributed by atoms with Crippen LogP contribution >= 0.6 is 11.6 Å². The lowest BCUT2D eigenvalue weighted by Crippen LogP contribution is -2.34. The Hall–Kier alpha value is 0.250. The minimum absolute atomic E-state index is 0.809. The Morgan fingerprint density at radius 3 is 2.50 bits per heavy atom. The molecule has 1 fully saturated rings. The molecule has 1 aliphatic rings. The first kappa shape index (κ1) is 10.3. The lowest BCUT2D eigenvalue weighted by Gasteiger charge is -2.26. The molecule has 0 heterocycles. The van der Waals surface area contributed by atoms with Crippen molar-refractivity contribution in [2.75, 3.05) is 19.0 Å². The first-order valence-corrected chi connectivity index (χ1v) is 5.72. The Bertz CT molecular complexity index is 110. The average molecular weight is 190 g/mol. The van der Waals surface area contributed by atoms with E-state index >= 15 is 0 Å². The highest BCUT2D eigenvalue weighted by molar-refractivity contribution is 6.17. The third kappa shape index (κ3) is 2.95. The molecule has 0 amide bonds. The van der Waals surface area contributed by atoms with Gasteiger partial charge in [0.2, 0.25) is 0 Å². The van der Waals surface area contributed by atoms with Crippen LogP contribution in [0.25, 0.3) is 0 Å². The third-order valence-corrected chi connectivity index (χ3v) is 3.09. The van der Waals surface area contributed by atoms with Crippen molar-refractivity contribution in [1.29, 1.82) is 0 Å². The summed E-state index contributed by atoms with van der Waals surface area (Å²) in [6, 6.07) is 0.873. The smallest absolute Gasteiger partial charge is 0.0235 e. The second-order valence-corrected chi connectivity index (χ2v) is 3.99. The molecule has 1 saturated carbocycles. The van der Waals surface area contributed by atoms with Crippen LogP contribution in [0.4, 0.5) is 0 Å². The van der Waals surface area contributed by atoms with Gasteiger partial charge < -0.3 is 4.90 Å². The fraction of sp³-hybridized carbons (Fsp3) is 1.00. The van der Waals surface area contributed by atoms with Gasteiger partial charge in [-0.25, -0.2) is 0 Å². The number of alkyl halides is 1. The van der Waals surface area contributed by atoms with Crippen LogP contribution in [0.15, 0.2) is 0 Å². The second kappa shape index (κ2) is 5.82. The number of halogens is 1. The molecular weight excluding hydrogens is 170 g/mol. The lowest BCUT2D eigenvalue weighted by molar-refractivity contribution is 0.210. The van der Waals surface area contributed by atoms with Gasteiger partial charge in [0.05, 0.1) is 0 Å². The molecule has 0 atom stereocenters. The van der Waals surface area contributed by atoms with E-state index in [0.29, 0.717) is 0 Å². The molecular formula is C10H20ClN. The van der Waals surface area contributed by atoms with Gasteiger partial charge in [-0.3, -0.25) is 0 Å². The summed E-state index contributed by atoms with van der Waals surface area (Å²) >= 11 is 5.68. The van der Waals surface area contributed by atoms with Crippen LogP contribution in [0.1, 0.15) is 39.0 Å². The summed E-state index contributed by atoms with van der Waals surface area (Å²) in [4.78, 5) is 2.59. The first-order chi connectivity index (χ1) is 5.88. The van der Waals surface area contributed by atoms with E-state index in [4.69, 9.17) is 11.6 Å². The lowest BCUT2D eigenvalue weighted by atomic mass is 10.2. The molecule has 2 heteroatoms. The van der Waals surface area contributed by atoms with Crippen molar-refractivity contribution < 1.29 is 0 Å². The van der Waals surface area contributed by atoms with E-state index in [1.54, 1.807) is 0 Å². The van der Waals surface area contributed by atoms with Crippen molar-refractivity contribution in [2.24, 2.45) is 0 Å². The molecule has 0 aromatic carbocycles. The van der Waals surface area contributed by atoms with E-state index in [1.807, 2.05) is 0 Å². The van der Waals surface area contributed by atoms with E-state index in [2.05, 4.69) is 11.8 Å². The van der Waals surface area contributed by atoms with E-state index in [1.165, 1.54) is 38.8 Å². The Balaban J connectivity index is 2.22. The predicted octanol–water partition coefficient (Wildman–Crippen LogP) is 2.88. The maximum absolute atomic E-state index is 5.68. The molecule has 0 N–H and O–H groups in total. The molecule has 1 rings (SSSR count). The highest BCUT2D eigenvalue weighted by Gasteiger charge is 2.20. The van der Waals surface area contributed by atoms with E-state index in [0.717, 1.165) is 18.3 Å². The molecule has 12 heavy (non-hydrogen) atoms. The summed E-state index contributed by atoms with van der Waals surface area (Å²) in [5.41, 5.74) is 0. The maximum Gasteiger partial charge on any atom is 0.0235 e. The molecule has 0 bridgehead atoms. The molecule has 0 spiro atoms. The Kier molecular flexibility index (Phi) is 5.01. The van der Waals surface area contributed by atoms with Crippen LogP contribution < -0.4 is 0 Å². The quantitative estimate of drug-likeness (QED) is 0.602. The summed E-state index contributed by atoms with van der Waals surface area (Å²) in [6.07, 6.45) is 6.84. The molecule has 0 radical (unpaired) electrons. The van der Waals surface area contributed by atoms with Crippen molar-refractivity contribution in [3.63, 3.8) is 0 Å². The van der Waals surface area contributed by atoms with Gasteiger partial charge in [0.1, 0.15) is 0 Å². The Morgan fingerprint density at radius 2 is 2.00 bits per heavy atom. The normalized spacial score (nSPS) is 19.2. The standard InChI is InChI=1S/C10H20ClN/c1-2-12(9-5-8-11)10-6-3-4-7-10/h10H,2-9H2,1H3. The molecule has 72 valence electrons. The summed E-state index contributed by atoms with van der Waals surface area (Å²) < 4.78 is 0. The molecule has 0 aromatic rings. The van der Waals surface area contributed by atoms with E-state index in [9.17, 15) is 0 Å². The average Bonchev–Trinajstić information content (AvgIpc) is 2.59. The third-order valence-electron chi connectivity index (χ3n) is 2.83. The van der Waals surface area contributed by atoms with Crippen molar-refractivity contribution >= 4 is 11.6 Å². The maximum atomic E-state index is 5.68. The van der Waals surface area contributed by atoms with Crippen molar-refractivity contribution in [3.8, 4) is 0 Å². The fourth-order valence-corrected chi connectivity index (χ4v) is 2.25. The Morgan fingerprint density at radius 1 is 1.33 bits per heavy atom. The van der Waals surface area contributed by atoms with Gasteiger partial charge in [-0.1, -0.05) is 19.8 Å². The van der Waals surface area contributed by atoms with Crippen LogP contribution in [-0.2, 0) is 0 Å². The van der Waals surface area contributed by atoms with Crippen LogP contribution in [0.5, 0.6) is 0 Å². The summed E-state index contributed by atoms with van der Waals surface area (Å²) in [6.45, 7) is 4.65. The number of nitrogens with zero attached hydrogens (tertiary/aromatic N) is 1. The van der Waals surface area contributed by atoms with Crippen molar-refractivity contribution in [3.05, 3.63) is 0 Å². The minimum atomic E-state index is 0.809. The molecule has 0 aliphatic heterocycles. The van der Waals surface area contributed by atoms with Gasteiger partial charge >= 0.3 is 0 Å². The SMILES string of the molecule is CCN(CCCCl)C1CCCC1. The number of hydrogen-bond acceptors (Lipinski definition) is 1. The van der Waals surface area contributed by atoms with Crippen molar-refractivity contribution in [1.82, 2.24) is 4.90 Å². The van der Waals surface area contributed by atoms with Crippen LogP contribution in [0.2, 0.25) is 0 Å². The van der Waals surface area contributed by atoms with Crippen LogP contribution in [0, 0.1) is 0 Å². The zero-order valence-electron chi connectivity index (χ0n) is 8.06. The molecule has 0 saturated heterocycles. The second-order valence-electron chi connectivity index (χ2n) is 3.61. The van der Waals surface area contributed by atoms with Crippen LogP contribution in [-0.4, -0.2) is 29.9 Å². The summed E-state index contributed by atoms with van der Waals surface area (Å²) in [7, 11) is 0. The first-order valence-electron chi connectivity index (χ1n) is 5.18. The van der Waals surface area contributed by atoms with E-state index in [-0.39, 0.29) is 0 Å². The van der Waals surface area contributed by atoms with Gasteiger partial charge in [-0.15, -0.1) is 11.6 Å². The molecule has 0 unspecified atom stereocenters. The highest BCUT2D eigenvalue weighted by atomic mass is 35.5. The predicted molar refractivity (Wildman–Crippen MR) is 54.8 cm³/mol. The monoisotopic (exact) mass is 189 g/mol. The highest BCUT2D eigenvalue weighted by Crippen LogP contribution is 2.23. The minimum Gasteiger partial charge on any atom is -0.301 e. The van der Waals surface area contributed by atoms with Crippen molar-refractivity contribution in [2.45, 2.75) is 45.1 Å². The number of hydrogen-bond donors (Lipinski definition) is 0. The van der Waals surface area contributed by atoms with Gasteiger partial charge in [0, 0.05) is 11.9 Å². The zero-order valence-corrected chi connectivity index (χ0v) is 8.82. The number of rotatable bonds is 5. The zero-order chi connectivity index (χ0) is 8.81. The summed E-state index contributed by atoms with van der Waals surface area (Å²) in [5, 5.41) is 0. The van der Waals surface area contributed by atoms with Gasteiger partial charge in [0.15, 0.2) is 0 Å². The molecule has 1 nitrogen and oxygen atoms in total. The van der Waals surface area contributed by atoms with Gasteiger partial charge in [-0.05, 0) is 32.4 Å². The van der Waals surface area contributed by atoms with Crippen LogP contribution in [0.3, 0.4) is 0 Å². The molecule has 0 aromatic heterocycles. The van der Waals surface area contributed by atoms with E-state index < -0.39 is 0 Å². The largest absolute Gasteiger partial charge is 0.301 e. The molecule has 1 aliphatic carbocycles. The van der Waals surface area contributed by atoms with Gasteiger partial charge in [0.25, 0.3) is 0 Å². The fourth-order valence-electron chi connectivity index (χ4n) is 2.13. The Labute approximate surface area is 81.1 Å². The topological polar surface area (TPSA) is 3.24 Å². The van der Waals surface area contributed by atoms with Gasteiger partial charge in [-0.2, -0.15) is 0 Å². The summed E-state index contributed by atoms with van der Waals surface area (Å²) in [5.74, 6) is 0.809.